The summed E-state index contributed by atoms with van der Waals surface area (Å²) in [5.74, 6) is 0.503. The van der Waals surface area contributed by atoms with Crippen molar-refractivity contribution in [3.05, 3.63) is 59.2 Å². The molecule has 0 spiro atoms. The summed E-state index contributed by atoms with van der Waals surface area (Å²) in [4.78, 5) is 16.7. The average Bonchev–Trinajstić information content (AvgIpc) is 2.70. The monoisotopic (exact) mass is 380 g/mol. The summed E-state index contributed by atoms with van der Waals surface area (Å²) >= 11 is 0. The third-order valence-electron chi connectivity index (χ3n) is 6.17. The van der Waals surface area contributed by atoms with Gasteiger partial charge in [0.2, 0.25) is 0 Å². The number of anilines is 2. The Kier molecular flexibility index (Phi) is 6.40. The lowest BCUT2D eigenvalue weighted by Crippen LogP contribution is -3.19. The molecule has 0 radical (unpaired) electrons. The van der Waals surface area contributed by atoms with Gasteiger partial charge in [0, 0.05) is 11.4 Å². The van der Waals surface area contributed by atoms with Crippen molar-refractivity contribution in [2.75, 3.05) is 36.4 Å². The number of benzene rings is 2. The first-order valence-electron chi connectivity index (χ1n) is 10.4. The average molecular weight is 381 g/mol. The van der Waals surface area contributed by atoms with Crippen LogP contribution in [0.4, 0.5) is 11.4 Å². The lowest BCUT2D eigenvalue weighted by atomic mass is 10.0. The van der Waals surface area contributed by atoms with Gasteiger partial charge >= 0.3 is 0 Å². The molecule has 1 aliphatic rings. The first-order valence-corrected chi connectivity index (χ1v) is 10.4. The van der Waals surface area contributed by atoms with Gasteiger partial charge in [0.25, 0.3) is 5.91 Å². The first-order chi connectivity index (χ1) is 13.4. The standard InChI is InChI=1S/C24H33N3O/c1-17(2)21-10-6-7-11-22(21)25-24(28)20(5)26-13-15-27(16-14-26)23-12-8-9-18(3)19(23)4/h6-12,17,20H,13-16H2,1-5H3,(H,25,28)/p+1/t20-/m1/s1. The number of hydrogen-bond donors (Lipinski definition) is 2. The van der Waals surface area contributed by atoms with Crippen LogP contribution in [0.5, 0.6) is 0 Å². The number of carbonyl (C=O) groups excluding carboxylic acids is 1. The number of amides is 1. The number of piperazine rings is 1. The molecule has 1 saturated heterocycles. The summed E-state index contributed by atoms with van der Waals surface area (Å²) in [5.41, 5.74) is 6.17. The number of quaternary nitrogens is 1. The highest BCUT2D eigenvalue weighted by molar-refractivity contribution is 5.94. The van der Waals surface area contributed by atoms with Gasteiger partial charge in [0.05, 0.1) is 26.2 Å². The minimum Gasteiger partial charge on any atom is -0.360 e. The van der Waals surface area contributed by atoms with Crippen molar-refractivity contribution < 1.29 is 9.69 Å². The molecule has 4 heteroatoms. The number of carbonyl (C=O) groups is 1. The summed E-state index contributed by atoms with van der Waals surface area (Å²) in [6.45, 7) is 14.7. The third kappa shape index (κ3) is 4.39. The van der Waals surface area contributed by atoms with E-state index in [1.54, 1.807) is 0 Å². The summed E-state index contributed by atoms with van der Waals surface area (Å²) < 4.78 is 0. The second kappa shape index (κ2) is 8.78. The molecule has 1 fully saturated rings. The van der Waals surface area contributed by atoms with Crippen LogP contribution in [0.15, 0.2) is 42.5 Å². The lowest BCUT2D eigenvalue weighted by molar-refractivity contribution is -0.914. The Balaban J connectivity index is 1.61. The minimum absolute atomic E-state index is 0.0547. The lowest BCUT2D eigenvalue weighted by Gasteiger charge is -2.36. The Morgan fingerprint density at radius 1 is 1.00 bits per heavy atom. The predicted octanol–water partition coefficient (Wildman–Crippen LogP) is 3.16. The van der Waals surface area contributed by atoms with Crippen LogP contribution in [0.3, 0.4) is 0 Å². The molecule has 3 rings (SSSR count). The number of rotatable bonds is 5. The molecule has 0 unspecified atom stereocenters. The van der Waals surface area contributed by atoms with Gasteiger partial charge in [-0.1, -0.05) is 44.2 Å². The molecule has 28 heavy (non-hydrogen) atoms. The quantitative estimate of drug-likeness (QED) is 0.836. The van der Waals surface area contributed by atoms with Gasteiger partial charge in [-0.25, -0.2) is 0 Å². The van der Waals surface area contributed by atoms with E-state index in [4.69, 9.17) is 0 Å². The van der Waals surface area contributed by atoms with E-state index in [0.29, 0.717) is 5.92 Å². The molecule has 1 atom stereocenters. The van der Waals surface area contributed by atoms with Crippen molar-refractivity contribution in [2.45, 2.75) is 46.6 Å². The van der Waals surface area contributed by atoms with Crippen LogP contribution >= 0.6 is 0 Å². The van der Waals surface area contributed by atoms with Gasteiger partial charge in [-0.05, 0) is 55.5 Å². The topological polar surface area (TPSA) is 36.8 Å². The normalized spacial score (nSPS) is 16.3. The van der Waals surface area contributed by atoms with E-state index in [-0.39, 0.29) is 11.9 Å². The number of aryl methyl sites for hydroxylation is 1. The zero-order chi connectivity index (χ0) is 20.3. The van der Waals surface area contributed by atoms with Gasteiger partial charge in [0.15, 0.2) is 6.04 Å². The van der Waals surface area contributed by atoms with Crippen LogP contribution in [0.2, 0.25) is 0 Å². The largest absolute Gasteiger partial charge is 0.360 e. The fourth-order valence-electron chi connectivity index (χ4n) is 4.09. The maximum absolute atomic E-state index is 12.9. The third-order valence-corrected chi connectivity index (χ3v) is 6.17. The van der Waals surface area contributed by atoms with Gasteiger partial charge in [-0.2, -0.15) is 0 Å². The smallest absolute Gasteiger partial charge is 0.282 e. The highest BCUT2D eigenvalue weighted by atomic mass is 16.2. The van der Waals surface area contributed by atoms with Crippen LogP contribution in [0, 0.1) is 13.8 Å². The molecular weight excluding hydrogens is 346 g/mol. The SMILES string of the molecule is Cc1cccc(N2CC[NH+]([C@H](C)C(=O)Nc3ccccc3C(C)C)CC2)c1C. The van der Waals surface area contributed by atoms with E-state index in [0.717, 1.165) is 31.9 Å². The Morgan fingerprint density at radius 2 is 1.68 bits per heavy atom. The minimum atomic E-state index is -0.0547. The maximum Gasteiger partial charge on any atom is 0.282 e. The number of nitrogens with zero attached hydrogens (tertiary/aromatic N) is 1. The van der Waals surface area contributed by atoms with Crippen molar-refractivity contribution in [1.29, 1.82) is 0 Å². The highest BCUT2D eigenvalue weighted by Gasteiger charge is 2.30. The molecule has 1 amide bonds. The molecule has 2 aromatic carbocycles. The van der Waals surface area contributed by atoms with Crippen LogP contribution in [-0.2, 0) is 4.79 Å². The molecule has 0 aliphatic carbocycles. The zero-order valence-electron chi connectivity index (χ0n) is 17.9. The summed E-state index contributed by atoms with van der Waals surface area (Å²) in [5, 5.41) is 3.18. The molecule has 150 valence electrons. The predicted molar refractivity (Wildman–Crippen MR) is 117 cm³/mol. The number of nitrogens with one attached hydrogen (secondary N) is 2. The van der Waals surface area contributed by atoms with E-state index < -0.39 is 0 Å². The Bertz CT molecular complexity index is 822. The second-order valence-corrected chi connectivity index (χ2v) is 8.32. The van der Waals surface area contributed by atoms with Crippen LogP contribution in [0.1, 0.15) is 43.4 Å². The number of para-hydroxylation sites is 1. The van der Waals surface area contributed by atoms with Gasteiger partial charge in [-0.15, -0.1) is 0 Å². The van der Waals surface area contributed by atoms with E-state index in [9.17, 15) is 4.79 Å². The zero-order valence-corrected chi connectivity index (χ0v) is 17.9. The number of hydrogen-bond acceptors (Lipinski definition) is 2. The summed E-state index contributed by atoms with van der Waals surface area (Å²) in [7, 11) is 0. The summed E-state index contributed by atoms with van der Waals surface area (Å²) in [6.07, 6.45) is 0. The molecule has 4 nitrogen and oxygen atoms in total. The van der Waals surface area contributed by atoms with Crippen LogP contribution in [0.25, 0.3) is 0 Å². The molecule has 2 aromatic rings. The Hall–Kier alpha value is -2.33. The second-order valence-electron chi connectivity index (χ2n) is 8.32. The van der Waals surface area contributed by atoms with Crippen molar-refractivity contribution in [2.24, 2.45) is 0 Å². The van der Waals surface area contributed by atoms with Gasteiger partial charge in [-0.3, -0.25) is 4.79 Å². The van der Waals surface area contributed by atoms with Crippen molar-refractivity contribution in [3.8, 4) is 0 Å². The summed E-state index contributed by atoms with van der Waals surface area (Å²) in [6, 6.07) is 14.6. The molecule has 2 N–H and O–H groups in total. The highest BCUT2D eigenvalue weighted by Crippen LogP contribution is 2.24. The van der Waals surface area contributed by atoms with Crippen LogP contribution in [-0.4, -0.2) is 38.1 Å². The van der Waals surface area contributed by atoms with E-state index in [2.05, 4.69) is 69.1 Å². The van der Waals surface area contributed by atoms with Crippen molar-refractivity contribution >= 4 is 17.3 Å². The first kappa shape index (κ1) is 20.4. The molecule has 1 heterocycles. The Morgan fingerprint density at radius 3 is 2.36 bits per heavy atom. The fraction of sp³-hybridized carbons (Fsp3) is 0.458. The molecule has 0 saturated carbocycles. The molecule has 1 aliphatic heterocycles. The van der Waals surface area contributed by atoms with E-state index >= 15 is 0 Å². The van der Waals surface area contributed by atoms with Crippen LogP contribution < -0.4 is 15.1 Å². The van der Waals surface area contributed by atoms with E-state index in [1.807, 2.05) is 18.2 Å². The van der Waals surface area contributed by atoms with Gasteiger partial charge < -0.3 is 15.1 Å². The fourth-order valence-corrected chi connectivity index (χ4v) is 4.09. The van der Waals surface area contributed by atoms with Gasteiger partial charge in [0.1, 0.15) is 0 Å². The molecule has 0 aromatic heterocycles. The van der Waals surface area contributed by atoms with Crippen molar-refractivity contribution in [1.82, 2.24) is 0 Å². The Labute approximate surface area is 169 Å². The molecule has 0 bridgehead atoms. The maximum atomic E-state index is 12.9. The molecular formula is C24H34N3O+. The van der Waals surface area contributed by atoms with E-state index in [1.165, 1.54) is 27.3 Å². The van der Waals surface area contributed by atoms with Crippen molar-refractivity contribution in [3.63, 3.8) is 0 Å².